The fourth-order valence-electron chi connectivity index (χ4n) is 4.50. The van der Waals surface area contributed by atoms with Crippen molar-refractivity contribution in [3.63, 3.8) is 0 Å². The number of nitrogens with zero attached hydrogens (tertiary/aromatic N) is 2. The summed E-state index contributed by atoms with van der Waals surface area (Å²) in [6.07, 6.45) is 2.76. The van der Waals surface area contributed by atoms with Crippen molar-refractivity contribution in [1.29, 1.82) is 0 Å². The number of carboxylic acid groups (broad SMARTS) is 1. The topological polar surface area (TPSA) is 92.9 Å². The SMILES string of the molecule is Cc1cc(OCc2c(F)cccc2F)n2nc(C)c(C(=O)NC[C@H]3CC[C@H](C(=O)O)CC3)c2c1. The number of pyridine rings is 1. The van der Waals surface area contributed by atoms with E-state index < -0.39 is 17.6 Å². The number of hydrogen-bond acceptors (Lipinski definition) is 4. The number of nitrogens with one attached hydrogen (secondary N) is 1. The van der Waals surface area contributed by atoms with Crippen LogP contribution < -0.4 is 10.1 Å². The molecule has 34 heavy (non-hydrogen) atoms. The monoisotopic (exact) mass is 471 g/mol. The van der Waals surface area contributed by atoms with Gasteiger partial charge in [0.15, 0.2) is 0 Å². The molecule has 1 amide bonds. The van der Waals surface area contributed by atoms with Crippen LogP contribution in [-0.2, 0) is 11.4 Å². The highest BCUT2D eigenvalue weighted by molar-refractivity contribution is 6.02. The van der Waals surface area contributed by atoms with Gasteiger partial charge in [0.25, 0.3) is 5.91 Å². The van der Waals surface area contributed by atoms with Crippen molar-refractivity contribution in [2.75, 3.05) is 6.54 Å². The Kier molecular flexibility index (Phi) is 6.81. The van der Waals surface area contributed by atoms with E-state index in [1.54, 1.807) is 13.0 Å². The molecule has 9 heteroatoms. The number of aliphatic carboxylic acids is 1. The van der Waals surface area contributed by atoms with Gasteiger partial charge in [0.05, 0.1) is 28.3 Å². The van der Waals surface area contributed by atoms with Gasteiger partial charge < -0.3 is 15.2 Å². The molecule has 3 aromatic rings. The Hall–Kier alpha value is -3.49. The molecule has 4 rings (SSSR count). The number of carbonyl (C=O) groups is 2. The predicted molar refractivity (Wildman–Crippen MR) is 121 cm³/mol. The molecule has 0 unspecified atom stereocenters. The Morgan fingerprint density at radius 1 is 1.15 bits per heavy atom. The summed E-state index contributed by atoms with van der Waals surface area (Å²) in [5, 5.41) is 16.5. The van der Waals surface area contributed by atoms with Gasteiger partial charge in [-0.25, -0.2) is 8.78 Å². The fraction of sp³-hybridized carbons (Fsp3) is 0.400. The first-order valence-electron chi connectivity index (χ1n) is 11.3. The Morgan fingerprint density at radius 2 is 1.82 bits per heavy atom. The number of halogens is 2. The zero-order valence-corrected chi connectivity index (χ0v) is 19.1. The summed E-state index contributed by atoms with van der Waals surface area (Å²) >= 11 is 0. The summed E-state index contributed by atoms with van der Waals surface area (Å²) in [5.41, 5.74) is 2.06. The molecule has 2 aromatic heterocycles. The molecule has 2 N–H and O–H groups in total. The smallest absolute Gasteiger partial charge is 0.306 e. The number of aromatic nitrogens is 2. The van der Waals surface area contributed by atoms with Crippen LogP contribution in [0.25, 0.3) is 5.52 Å². The van der Waals surface area contributed by atoms with Crippen molar-refractivity contribution in [2.45, 2.75) is 46.1 Å². The van der Waals surface area contributed by atoms with Crippen molar-refractivity contribution in [2.24, 2.45) is 11.8 Å². The Bertz CT molecular complexity index is 1210. The molecule has 1 fully saturated rings. The van der Waals surface area contributed by atoms with Crippen molar-refractivity contribution in [3.05, 3.63) is 64.4 Å². The summed E-state index contributed by atoms with van der Waals surface area (Å²) in [6, 6.07) is 7.13. The third-order valence-electron chi connectivity index (χ3n) is 6.42. The molecule has 1 aromatic carbocycles. The first-order chi connectivity index (χ1) is 16.2. The largest absolute Gasteiger partial charge is 0.481 e. The number of benzene rings is 1. The molecule has 180 valence electrons. The van der Waals surface area contributed by atoms with E-state index in [9.17, 15) is 18.4 Å². The van der Waals surface area contributed by atoms with Gasteiger partial charge in [0.2, 0.25) is 5.88 Å². The van der Waals surface area contributed by atoms with Crippen LogP contribution in [-0.4, -0.2) is 33.1 Å². The zero-order valence-electron chi connectivity index (χ0n) is 19.1. The molecule has 7 nitrogen and oxygen atoms in total. The van der Waals surface area contributed by atoms with Gasteiger partial charge in [0.1, 0.15) is 18.2 Å². The molecule has 0 atom stereocenters. The minimum Gasteiger partial charge on any atom is -0.481 e. The highest BCUT2D eigenvalue weighted by Crippen LogP contribution is 2.29. The first-order valence-corrected chi connectivity index (χ1v) is 11.3. The lowest BCUT2D eigenvalue weighted by Crippen LogP contribution is -2.32. The maximum absolute atomic E-state index is 14.0. The Morgan fingerprint density at radius 3 is 2.47 bits per heavy atom. The van der Waals surface area contributed by atoms with Gasteiger partial charge in [-0.1, -0.05) is 6.07 Å². The third-order valence-corrected chi connectivity index (χ3v) is 6.42. The van der Waals surface area contributed by atoms with Crippen molar-refractivity contribution in [3.8, 4) is 5.88 Å². The van der Waals surface area contributed by atoms with E-state index in [0.717, 1.165) is 18.4 Å². The van der Waals surface area contributed by atoms with Gasteiger partial charge in [-0.2, -0.15) is 9.61 Å². The van der Waals surface area contributed by atoms with Gasteiger partial charge in [-0.15, -0.1) is 0 Å². The zero-order chi connectivity index (χ0) is 24.4. The van der Waals surface area contributed by atoms with Crippen LogP contribution in [0, 0.1) is 37.3 Å². The van der Waals surface area contributed by atoms with Crippen LogP contribution in [0.15, 0.2) is 30.3 Å². The van der Waals surface area contributed by atoms with Crippen molar-refractivity contribution in [1.82, 2.24) is 14.9 Å². The lowest BCUT2D eigenvalue weighted by Gasteiger charge is -2.26. The average Bonchev–Trinajstić information content (AvgIpc) is 3.13. The highest BCUT2D eigenvalue weighted by Gasteiger charge is 2.27. The lowest BCUT2D eigenvalue weighted by atomic mass is 9.82. The number of carbonyl (C=O) groups excluding carboxylic acids is 1. The minimum atomic E-state index is -0.754. The average molecular weight is 472 g/mol. The fourth-order valence-corrected chi connectivity index (χ4v) is 4.50. The van der Waals surface area contributed by atoms with E-state index in [4.69, 9.17) is 9.84 Å². The highest BCUT2D eigenvalue weighted by atomic mass is 19.1. The molecule has 1 aliphatic rings. The summed E-state index contributed by atoms with van der Waals surface area (Å²) < 4.78 is 35.2. The van der Waals surface area contributed by atoms with Gasteiger partial charge in [0, 0.05) is 12.6 Å². The molecule has 1 aliphatic carbocycles. The second-order valence-electron chi connectivity index (χ2n) is 8.88. The molecule has 0 bridgehead atoms. The molecule has 1 saturated carbocycles. The van der Waals surface area contributed by atoms with Crippen LogP contribution in [0.2, 0.25) is 0 Å². The quantitative estimate of drug-likeness (QED) is 0.532. The van der Waals surface area contributed by atoms with E-state index in [2.05, 4.69) is 10.4 Å². The maximum atomic E-state index is 14.0. The van der Waals surface area contributed by atoms with Crippen molar-refractivity contribution >= 4 is 17.4 Å². The van der Waals surface area contributed by atoms with Crippen LogP contribution in [0.1, 0.15) is 52.9 Å². The number of fused-ring (bicyclic) bond motifs is 1. The van der Waals surface area contributed by atoms with Crippen LogP contribution in [0.3, 0.4) is 0 Å². The minimum absolute atomic E-state index is 0.184. The third kappa shape index (κ3) is 4.88. The number of carboxylic acids is 1. The van der Waals surface area contributed by atoms with Gasteiger partial charge in [-0.05, 0) is 69.2 Å². The molecular weight excluding hydrogens is 444 g/mol. The van der Waals surface area contributed by atoms with E-state index in [0.29, 0.717) is 36.2 Å². The first kappa shape index (κ1) is 23.7. The van der Waals surface area contributed by atoms with Crippen LogP contribution >= 0.6 is 0 Å². The lowest BCUT2D eigenvalue weighted by molar-refractivity contribution is -0.143. The van der Waals surface area contributed by atoms with E-state index in [1.807, 2.05) is 13.0 Å². The summed E-state index contributed by atoms with van der Waals surface area (Å²) in [5.74, 6) is -2.21. The second kappa shape index (κ2) is 9.79. The second-order valence-corrected chi connectivity index (χ2v) is 8.88. The number of hydrogen-bond donors (Lipinski definition) is 2. The molecule has 0 radical (unpaired) electrons. The van der Waals surface area contributed by atoms with Crippen LogP contribution in [0.4, 0.5) is 8.78 Å². The molecule has 0 spiro atoms. The van der Waals surface area contributed by atoms with Gasteiger partial charge in [-0.3, -0.25) is 9.59 Å². The number of ether oxygens (including phenoxy) is 1. The standard InChI is InChI=1S/C25H27F2N3O4/c1-14-10-21-23(24(31)28-12-16-6-8-17(9-7-16)25(32)33)15(2)29-30(21)22(11-14)34-13-18-19(26)4-3-5-20(18)27/h3-5,10-11,16-17H,6-9,12-13H2,1-2H3,(H,28,31)(H,32,33)/t16-,17-. The van der Waals surface area contributed by atoms with Gasteiger partial charge >= 0.3 is 5.97 Å². The summed E-state index contributed by atoms with van der Waals surface area (Å²) in [6.45, 7) is 3.69. The molecule has 0 aliphatic heterocycles. The summed E-state index contributed by atoms with van der Waals surface area (Å²) in [4.78, 5) is 24.2. The number of rotatable bonds is 7. The van der Waals surface area contributed by atoms with E-state index in [1.165, 1.54) is 22.7 Å². The maximum Gasteiger partial charge on any atom is 0.306 e. The Balaban J connectivity index is 1.50. The number of aryl methyl sites for hydroxylation is 2. The number of amides is 1. The van der Waals surface area contributed by atoms with Crippen molar-refractivity contribution < 1.29 is 28.2 Å². The van der Waals surface area contributed by atoms with Crippen LogP contribution in [0.5, 0.6) is 5.88 Å². The normalized spacial score (nSPS) is 18.1. The summed E-state index contributed by atoms with van der Waals surface area (Å²) in [7, 11) is 0. The molecular formula is C25H27F2N3O4. The molecule has 0 saturated heterocycles. The van der Waals surface area contributed by atoms with E-state index >= 15 is 0 Å². The van der Waals surface area contributed by atoms with E-state index in [-0.39, 0.29) is 35.8 Å². The molecule has 2 heterocycles. The Labute approximate surface area is 195 Å². The predicted octanol–water partition coefficient (Wildman–Crippen LogP) is 4.43.